The van der Waals surface area contributed by atoms with Gasteiger partial charge in [-0.2, -0.15) is 17.2 Å². The molecule has 8 rings (SSSR count). The van der Waals surface area contributed by atoms with Gasteiger partial charge < -0.3 is 9.30 Å². The first-order valence-electron chi connectivity index (χ1n) is 15.3. The molecule has 0 fully saturated rings. The van der Waals surface area contributed by atoms with Gasteiger partial charge in [0.05, 0.1) is 5.69 Å². The van der Waals surface area contributed by atoms with Gasteiger partial charge in [0.15, 0.2) is 0 Å². The van der Waals surface area contributed by atoms with Crippen LogP contribution in [0, 0.1) is 32.9 Å². The molecule has 230 valence electrons. The van der Waals surface area contributed by atoms with Gasteiger partial charge in [-0.15, -0.1) is 35.7 Å². The van der Waals surface area contributed by atoms with E-state index in [2.05, 4.69) is 127 Å². The Morgan fingerprint density at radius 2 is 1.36 bits per heavy atom. The predicted octanol–water partition coefficient (Wildman–Crippen LogP) is 10.0. The molecule has 3 aromatic heterocycles. The number of benzene rings is 5. The van der Waals surface area contributed by atoms with Crippen LogP contribution in [-0.2, 0) is 20.4 Å². The van der Waals surface area contributed by atoms with Gasteiger partial charge in [-0.1, -0.05) is 78.3 Å². The molecule has 0 amide bonds. The number of aromatic nitrogens is 4. The fourth-order valence-corrected chi connectivity index (χ4v) is 6.31. The Hall–Kier alpha value is -5.28. The van der Waals surface area contributed by atoms with Gasteiger partial charge >= 0.3 is 20.4 Å². The summed E-state index contributed by atoms with van der Waals surface area (Å²) in [6, 6.07) is 48.5. The molecule has 0 radical (unpaired) electrons. The van der Waals surface area contributed by atoms with E-state index in [0.717, 1.165) is 61.4 Å². The van der Waals surface area contributed by atoms with E-state index < -0.39 is 0 Å². The molecule has 0 bridgehead atoms. The Morgan fingerprint density at radius 3 is 2.17 bits per heavy atom. The maximum Gasteiger partial charge on any atom is 2.00 e. The second-order valence-electron chi connectivity index (χ2n) is 11.5. The second-order valence-corrected chi connectivity index (χ2v) is 11.5. The third kappa shape index (κ3) is 5.57. The van der Waals surface area contributed by atoms with Gasteiger partial charge in [0.25, 0.3) is 0 Å². The van der Waals surface area contributed by atoms with Crippen molar-refractivity contribution in [1.82, 2.24) is 19.3 Å². The summed E-state index contributed by atoms with van der Waals surface area (Å²) in [6.45, 7) is 6.23. The van der Waals surface area contributed by atoms with E-state index in [4.69, 9.17) is 9.84 Å². The van der Waals surface area contributed by atoms with E-state index in [1.165, 1.54) is 11.1 Å². The summed E-state index contributed by atoms with van der Waals surface area (Å²) in [5.74, 6) is 2.04. The van der Waals surface area contributed by atoms with Crippen molar-refractivity contribution in [3.05, 3.63) is 157 Å². The molecule has 0 saturated carbocycles. The minimum atomic E-state index is 0. The van der Waals surface area contributed by atoms with Crippen molar-refractivity contribution in [2.24, 2.45) is 0 Å². The van der Waals surface area contributed by atoms with E-state index in [-0.39, 0.29) is 20.4 Å². The van der Waals surface area contributed by atoms with Crippen molar-refractivity contribution < 1.29 is 25.2 Å². The number of para-hydroxylation sites is 1. The predicted molar refractivity (Wildman–Crippen MR) is 185 cm³/mol. The minimum absolute atomic E-state index is 0. The Morgan fingerprint density at radius 1 is 0.638 bits per heavy atom. The molecule has 0 atom stereocenters. The SMILES string of the molecule is Cc1ccnc(-n2c3[c-]c(Oc4[c-]c(-n5nc(C)c(-c6ccc(-c7ccccc7)cc6)c5C)ccc4)ccc3c3ccccc32)c1.[Pd+2]. The molecule has 3 heterocycles. The van der Waals surface area contributed by atoms with Crippen molar-refractivity contribution >= 4 is 21.8 Å². The molecule has 0 N–H and O–H groups in total. The summed E-state index contributed by atoms with van der Waals surface area (Å²) in [4.78, 5) is 4.68. The third-order valence-electron chi connectivity index (χ3n) is 8.46. The first-order valence-corrected chi connectivity index (χ1v) is 15.3. The summed E-state index contributed by atoms with van der Waals surface area (Å²) in [7, 11) is 0. The molecule has 0 unspecified atom stereocenters. The number of fused-ring (bicyclic) bond motifs is 3. The molecule has 5 nitrogen and oxygen atoms in total. The normalized spacial score (nSPS) is 11.1. The van der Waals surface area contributed by atoms with Crippen LogP contribution in [0.1, 0.15) is 17.0 Å². The van der Waals surface area contributed by atoms with Crippen molar-refractivity contribution in [2.75, 3.05) is 0 Å². The molecule has 8 aromatic rings. The summed E-state index contributed by atoms with van der Waals surface area (Å²) >= 11 is 0. The van der Waals surface area contributed by atoms with Gasteiger partial charge in [0, 0.05) is 34.5 Å². The van der Waals surface area contributed by atoms with Crippen LogP contribution >= 0.6 is 0 Å². The Kier molecular flexibility index (Phi) is 8.07. The van der Waals surface area contributed by atoms with Crippen LogP contribution in [0.2, 0.25) is 0 Å². The van der Waals surface area contributed by atoms with Crippen LogP contribution < -0.4 is 4.74 Å². The molecule has 6 heteroatoms. The smallest absolute Gasteiger partial charge is 0.509 e. The van der Waals surface area contributed by atoms with Gasteiger partial charge in [-0.3, -0.25) is 4.68 Å². The summed E-state index contributed by atoms with van der Waals surface area (Å²) < 4.78 is 10.5. The molecule has 0 aliphatic carbocycles. The number of aryl methyl sites for hydroxylation is 2. The number of nitrogens with zero attached hydrogens (tertiary/aromatic N) is 4. The molecule has 0 aliphatic rings. The summed E-state index contributed by atoms with van der Waals surface area (Å²) in [5, 5.41) is 7.15. The van der Waals surface area contributed by atoms with E-state index in [0.29, 0.717) is 11.5 Å². The molecule has 0 spiro atoms. The monoisotopic (exact) mass is 700 g/mol. The molecular weight excluding hydrogens is 671 g/mol. The van der Waals surface area contributed by atoms with Gasteiger partial charge in [-0.05, 0) is 72.3 Å². The van der Waals surface area contributed by atoms with Crippen LogP contribution in [0.25, 0.3) is 55.6 Å². The molecular formula is C41H30N4OPd. The Balaban J connectivity index is 0.00000351. The van der Waals surface area contributed by atoms with Crippen molar-refractivity contribution in [1.29, 1.82) is 0 Å². The quantitative estimate of drug-likeness (QED) is 0.128. The number of pyridine rings is 1. The van der Waals surface area contributed by atoms with Gasteiger partial charge in [-0.25, -0.2) is 4.98 Å². The zero-order valence-electron chi connectivity index (χ0n) is 26.1. The number of hydrogen-bond donors (Lipinski definition) is 0. The van der Waals surface area contributed by atoms with E-state index in [1.807, 2.05) is 47.3 Å². The third-order valence-corrected chi connectivity index (χ3v) is 8.46. The van der Waals surface area contributed by atoms with Gasteiger partial charge in [0.2, 0.25) is 0 Å². The van der Waals surface area contributed by atoms with E-state index in [1.54, 1.807) is 0 Å². The van der Waals surface area contributed by atoms with Crippen LogP contribution in [0.3, 0.4) is 0 Å². The molecule has 0 aliphatic heterocycles. The largest absolute Gasteiger partial charge is 2.00 e. The minimum Gasteiger partial charge on any atom is -0.509 e. The van der Waals surface area contributed by atoms with Crippen molar-refractivity contribution in [3.8, 4) is 45.3 Å². The molecule has 5 aromatic carbocycles. The molecule has 0 saturated heterocycles. The number of ether oxygens (including phenoxy) is 1. The van der Waals surface area contributed by atoms with Crippen LogP contribution in [0.4, 0.5) is 0 Å². The van der Waals surface area contributed by atoms with E-state index >= 15 is 0 Å². The van der Waals surface area contributed by atoms with E-state index in [9.17, 15) is 0 Å². The van der Waals surface area contributed by atoms with Crippen molar-refractivity contribution in [3.63, 3.8) is 0 Å². The number of rotatable bonds is 6. The fourth-order valence-electron chi connectivity index (χ4n) is 6.31. The van der Waals surface area contributed by atoms with Crippen LogP contribution in [0.5, 0.6) is 11.5 Å². The topological polar surface area (TPSA) is 44.9 Å². The van der Waals surface area contributed by atoms with Crippen LogP contribution in [-0.4, -0.2) is 19.3 Å². The zero-order valence-corrected chi connectivity index (χ0v) is 27.7. The average Bonchev–Trinajstić information content (AvgIpc) is 3.58. The Bertz CT molecular complexity index is 2370. The van der Waals surface area contributed by atoms with Gasteiger partial charge in [0.1, 0.15) is 5.82 Å². The first kappa shape index (κ1) is 30.4. The number of hydrogen-bond acceptors (Lipinski definition) is 3. The summed E-state index contributed by atoms with van der Waals surface area (Å²) in [6.07, 6.45) is 1.84. The molecule has 47 heavy (non-hydrogen) atoms. The standard InChI is InChI=1S/C41H30N4O.Pd/c1-27-22-23-42-40(24-27)44-38-15-8-7-14-36(38)37-21-20-35(26-39(37)44)46-34-13-9-12-33(25-34)45-29(3)41(28(2)43-45)32-18-16-31(17-19-32)30-10-5-4-6-11-30;/h4-24H,1-3H3;/q-2;+2. The van der Waals surface area contributed by atoms with Crippen molar-refractivity contribution in [2.45, 2.75) is 20.8 Å². The van der Waals surface area contributed by atoms with Crippen LogP contribution in [0.15, 0.2) is 128 Å². The fraction of sp³-hybridized carbons (Fsp3) is 0.0732. The maximum atomic E-state index is 6.39. The summed E-state index contributed by atoms with van der Waals surface area (Å²) in [5.41, 5.74) is 10.6. The average molecular weight is 701 g/mol. The second kappa shape index (κ2) is 12.5. The first-order chi connectivity index (χ1) is 22.5. The zero-order chi connectivity index (χ0) is 31.2. The maximum absolute atomic E-state index is 6.39. The Labute approximate surface area is 287 Å².